The van der Waals surface area contributed by atoms with Gasteiger partial charge in [-0.1, -0.05) is 38.9 Å². The van der Waals surface area contributed by atoms with E-state index in [-0.39, 0.29) is 23.0 Å². The summed E-state index contributed by atoms with van der Waals surface area (Å²) < 4.78 is 25.6. The van der Waals surface area contributed by atoms with Gasteiger partial charge in [0.05, 0.1) is 10.6 Å². The molecule has 0 fully saturated rings. The number of carbonyl (C=O) groups excluding carboxylic acids is 1. The van der Waals surface area contributed by atoms with E-state index in [0.29, 0.717) is 20.7 Å². The Bertz CT molecular complexity index is 1050. The van der Waals surface area contributed by atoms with Crippen LogP contribution in [0.15, 0.2) is 57.9 Å². The summed E-state index contributed by atoms with van der Waals surface area (Å²) >= 11 is 10.2. The van der Waals surface area contributed by atoms with Crippen molar-refractivity contribution in [1.29, 1.82) is 0 Å². The van der Waals surface area contributed by atoms with Crippen LogP contribution in [0.5, 0.6) is 0 Å². The summed E-state index contributed by atoms with van der Waals surface area (Å²) in [4.78, 5) is 12.4. The summed E-state index contributed by atoms with van der Waals surface area (Å²) in [5.74, 6) is -0.425. The summed E-state index contributed by atoms with van der Waals surface area (Å²) in [6.45, 7) is 0. The van der Waals surface area contributed by atoms with Crippen LogP contribution in [0.25, 0.3) is 0 Å². The molecule has 1 amide bonds. The molecule has 1 aromatic heterocycles. The Labute approximate surface area is 173 Å². The molecule has 1 heterocycles. The lowest BCUT2D eigenvalue weighted by molar-refractivity contribution is 0.102. The third kappa shape index (κ3) is 5.35. The topological polar surface area (TPSA) is 89.0 Å². The lowest BCUT2D eigenvalue weighted by atomic mass is 10.2. The number of hydrogen-bond acceptors (Lipinski definition) is 6. The minimum atomic E-state index is -3.42. The van der Waals surface area contributed by atoms with Gasteiger partial charge in [0.2, 0.25) is 5.13 Å². The Kier molecular flexibility index (Phi) is 6.25. The second kappa shape index (κ2) is 8.47. The highest BCUT2D eigenvalue weighted by Gasteiger charge is 2.17. The average Bonchev–Trinajstić information content (AvgIpc) is 3.08. The molecule has 10 heteroatoms. The van der Waals surface area contributed by atoms with Gasteiger partial charge in [0, 0.05) is 21.5 Å². The number of amides is 1. The summed E-state index contributed by atoms with van der Waals surface area (Å²) in [6.07, 6.45) is 0.215. The van der Waals surface area contributed by atoms with E-state index in [1.54, 1.807) is 48.5 Å². The molecule has 3 aromatic rings. The molecule has 0 atom stereocenters. The molecule has 0 bridgehead atoms. The van der Waals surface area contributed by atoms with Gasteiger partial charge in [-0.05, 0) is 48.5 Å². The number of hydrogen-bond donors (Lipinski definition) is 1. The van der Waals surface area contributed by atoms with E-state index >= 15 is 0 Å². The Morgan fingerprint density at radius 2 is 1.74 bits per heavy atom. The first kappa shape index (κ1) is 19.9. The van der Waals surface area contributed by atoms with Crippen molar-refractivity contribution in [1.82, 2.24) is 10.2 Å². The molecule has 0 saturated carbocycles. The number of carbonyl (C=O) groups is 1. The fraction of sp³-hybridized carbons (Fsp3) is 0.118. The van der Waals surface area contributed by atoms with Crippen molar-refractivity contribution in [2.75, 3.05) is 11.1 Å². The molecule has 0 unspecified atom stereocenters. The van der Waals surface area contributed by atoms with E-state index in [2.05, 4.69) is 31.4 Å². The van der Waals surface area contributed by atoms with Gasteiger partial charge in [-0.3, -0.25) is 10.1 Å². The van der Waals surface area contributed by atoms with Crippen molar-refractivity contribution in [2.45, 2.75) is 11.3 Å². The highest BCUT2D eigenvalue weighted by Crippen LogP contribution is 2.20. The van der Waals surface area contributed by atoms with Gasteiger partial charge >= 0.3 is 0 Å². The third-order valence-corrected chi connectivity index (χ3v) is 6.96. The number of halogens is 2. The molecule has 0 aliphatic heterocycles. The molecule has 0 radical (unpaired) electrons. The van der Waals surface area contributed by atoms with Crippen LogP contribution in [0.3, 0.4) is 0 Å². The summed E-state index contributed by atoms with van der Waals surface area (Å²) in [5.41, 5.74) is 0.439. The lowest BCUT2D eigenvalue weighted by Gasteiger charge is -2.03. The number of benzene rings is 2. The number of nitrogens with one attached hydrogen (secondary N) is 1. The number of aryl methyl sites for hydroxylation is 1. The largest absolute Gasteiger partial charge is 0.296 e. The monoisotopic (exact) mass is 485 g/mol. The van der Waals surface area contributed by atoms with Crippen molar-refractivity contribution < 1.29 is 13.2 Å². The fourth-order valence-electron chi connectivity index (χ4n) is 2.16. The number of anilines is 1. The molecular formula is C17H13BrClN3O3S2. The zero-order valence-corrected chi connectivity index (χ0v) is 17.7. The zero-order chi connectivity index (χ0) is 19.4. The van der Waals surface area contributed by atoms with Gasteiger partial charge in [-0.2, -0.15) is 0 Å². The molecule has 0 saturated heterocycles. The molecule has 2 aromatic carbocycles. The first-order chi connectivity index (χ1) is 12.8. The van der Waals surface area contributed by atoms with Crippen molar-refractivity contribution in [2.24, 2.45) is 0 Å². The lowest BCUT2D eigenvalue weighted by Crippen LogP contribution is -2.11. The van der Waals surface area contributed by atoms with Gasteiger partial charge in [0.15, 0.2) is 9.84 Å². The SMILES string of the molecule is O=C(Nc1nnc(CCS(=O)(=O)c2ccc(Br)cc2)s1)c1ccc(Cl)cc1. The zero-order valence-electron chi connectivity index (χ0n) is 13.7. The Morgan fingerprint density at radius 1 is 1.07 bits per heavy atom. The van der Waals surface area contributed by atoms with Crippen molar-refractivity contribution in [3.8, 4) is 0 Å². The van der Waals surface area contributed by atoms with Gasteiger partial charge in [-0.15, -0.1) is 10.2 Å². The van der Waals surface area contributed by atoms with Crippen LogP contribution < -0.4 is 5.32 Å². The molecule has 140 valence electrons. The molecule has 0 aliphatic carbocycles. The van der Waals surface area contributed by atoms with E-state index in [1.807, 2.05) is 0 Å². The van der Waals surface area contributed by atoms with Crippen LogP contribution in [0, 0.1) is 0 Å². The molecule has 0 aliphatic rings. The Morgan fingerprint density at radius 3 is 2.41 bits per heavy atom. The Hall–Kier alpha value is -1.81. The normalized spacial score (nSPS) is 11.3. The fourth-order valence-corrected chi connectivity index (χ4v) is 4.66. The van der Waals surface area contributed by atoms with E-state index in [1.165, 1.54) is 0 Å². The van der Waals surface area contributed by atoms with Gasteiger partial charge < -0.3 is 0 Å². The van der Waals surface area contributed by atoms with Crippen LogP contribution in [0.1, 0.15) is 15.4 Å². The third-order valence-electron chi connectivity index (χ3n) is 3.55. The van der Waals surface area contributed by atoms with E-state index in [4.69, 9.17) is 11.6 Å². The predicted octanol–water partition coefficient (Wildman–Crippen LogP) is 4.22. The van der Waals surface area contributed by atoms with Crippen LogP contribution in [-0.2, 0) is 16.3 Å². The van der Waals surface area contributed by atoms with Gasteiger partial charge in [-0.25, -0.2) is 8.42 Å². The highest BCUT2D eigenvalue weighted by atomic mass is 79.9. The average molecular weight is 487 g/mol. The second-order valence-electron chi connectivity index (χ2n) is 5.48. The molecule has 1 N–H and O–H groups in total. The van der Waals surface area contributed by atoms with Crippen LogP contribution >= 0.6 is 38.9 Å². The maximum Gasteiger partial charge on any atom is 0.257 e. The van der Waals surface area contributed by atoms with Crippen LogP contribution in [0.4, 0.5) is 5.13 Å². The summed E-state index contributed by atoms with van der Waals surface area (Å²) in [6, 6.07) is 12.9. The first-order valence-corrected chi connectivity index (χ1v) is 11.3. The van der Waals surface area contributed by atoms with Gasteiger partial charge in [0.25, 0.3) is 5.91 Å². The molecule has 3 rings (SSSR count). The summed E-state index contributed by atoms with van der Waals surface area (Å²) in [5, 5.41) is 11.9. The van der Waals surface area contributed by atoms with E-state index in [9.17, 15) is 13.2 Å². The quantitative estimate of drug-likeness (QED) is 0.563. The molecule has 6 nitrogen and oxygen atoms in total. The van der Waals surface area contributed by atoms with Crippen LogP contribution in [-0.4, -0.2) is 30.3 Å². The highest BCUT2D eigenvalue weighted by molar-refractivity contribution is 9.10. The number of rotatable bonds is 6. The minimum absolute atomic E-state index is 0.0889. The van der Waals surface area contributed by atoms with Crippen molar-refractivity contribution in [3.05, 3.63) is 68.6 Å². The molecule has 0 spiro atoms. The van der Waals surface area contributed by atoms with E-state index in [0.717, 1.165) is 15.8 Å². The minimum Gasteiger partial charge on any atom is -0.296 e. The van der Waals surface area contributed by atoms with Gasteiger partial charge in [0.1, 0.15) is 5.01 Å². The second-order valence-corrected chi connectivity index (χ2v) is 10.0. The standard InChI is InChI=1S/C17H13BrClN3O3S2/c18-12-3-7-14(8-4-12)27(24,25)10-9-15-21-22-17(26-15)20-16(23)11-1-5-13(19)6-2-11/h1-8H,9-10H2,(H,20,22,23). The van der Waals surface area contributed by atoms with Crippen LogP contribution in [0.2, 0.25) is 5.02 Å². The van der Waals surface area contributed by atoms with E-state index < -0.39 is 9.84 Å². The predicted molar refractivity (Wildman–Crippen MR) is 109 cm³/mol. The maximum atomic E-state index is 12.4. The smallest absolute Gasteiger partial charge is 0.257 e. The number of nitrogens with zero attached hydrogens (tertiary/aromatic N) is 2. The Balaban J connectivity index is 1.61. The number of aromatic nitrogens is 2. The molecular weight excluding hydrogens is 474 g/mol. The van der Waals surface area contributed by atoms with Crippen molar-refractivity contribution >= 4 is 59.7 Å². The number of sulfone groups is 1. The summed E-state index contributed by atoms with van der Waals surface area (Å²) in [7, 11) is -3.42. The molecule has 27 heavy (non-hydrogen) atoms. The first-order valence-electron chi connectivity index (χ1n) is 7.71. The van der Waals surface area contributed by atoms with Crippen molar-refractivity contribution in [3.63, 3.8) is 0 Å². The maximum absolute atomic E-state index is 12.4.